The molecule has 0 N–H and O–H groups in total. The normalized spacial score (nSPS) is 11.5. The number of hydrogen-bond acceptors (Lipinski definition) is 8. The fourth-order valence-corrected chi connectivity index (χ4v) is 4.96. The number of Topliss-reactive ketones (excluding diaryl/α,β-unsaturated/α-hetero) is 1. The molecular weight excluding hydrogens is 535 g/mol. The van der Waals surface area contributed by atoms with E-state index >= 15 is 0 Å². The average Bonchev–Trinajstić information content (AvgIpc) is 3.46. The second-order valence-corrected chi connectivity index (χ2v) is 11.7. The van der Waals surface area contributed by atoms with Crippen molar-refractivity contribution in [1.82, 2.24) is 24.5 Å². The van der Waals surface area contributed by atoms with Gasteiger partial charge in [0.25, 0.3) is 11.5 Å². The predicted octanol–water partition coefficient (Wildman–Crippen LogP) is 5.08. The van der Waals surface area contributed by atoms with Crippen molar-refractivity contribution in [2.45, 2.75) is 33.9 Å². The van der Waals surface area contributed by atoms with Crippen LogP contribution in [0.15, 0.2) is 53.6 Å². The van der Waals surface area contributed by atoms with E-state index in [0.717, 1.165) is 4.88 Å². The lowest BCUT2D eigenvalue weighted by Crippen LogP contribution is -2.31. The number of halogens is 2. The first-order chi connectivity index (χ1) is 17.4. The summed E-state index contributed by atoms with van der Waals surface area (Å²) in [5.41, 5.74) is -0.265. The van der Waals surface area contributed by atoms with Crippen LogP contribution in [0.25, 0.3) is 11.4 Å². The summed E-state index contributed by atoms with van der Waals surface area (Å²) in [5, 5.41) is 12.2. The quantitative estimate of drug-likeness (QED) is 0.291. The summed E-state index contributed by atoms with van der Waals surface area (Å²) >= 11 is 13.8. The SMILES string of the molecule is CN(Cc1ccc(Cl)s1)c1cc(-c2cc(Cl)cc(=O)n2CC(=O)c2ccnnc2)nn1C(=O)C(C)(C)C. The molecule has 0 radical (unpaired) electrons. The summed E-state index contributed by atoms with van der Waals surface area (Å²) in [6.07, 6.45) is 2.74. The minimum atomic E-state index is -0.733. The van der Waals surface area contributed by atoms with Gasteiger partial charge in [0.15, 0.2) is 5.78 Å². The van der Waals surface area contributed by atoms with Gasteiger partial charge in [-0.2, -0.15) is 20.0 Å². The van der Waals surface area contributed by atoms with Gasteiger partial charge in [0.05, 0.1) is 35.5 Å². The third kappa shape index (κ3) is 5.98. The largest absolute Gasteiger partial charge is 0.354 e. The Morgan fingerprint density at radius 1 is 1.08 bits per heavy atom. The summed E-state index contributed by atoms with van der Waals surface area (Å²) in [7, 11) is 1.84. The maximum Gasteiger partial charge on any atom is 0.254 e. The summed E-state index contributed by atoms with van der Waals surface area (Å²) in [6.45, 7) is 5.62. The van der Waals surface area contributed by atoms with Crippen molar-refractivity contribution in [1.29, 1.82) is 0 Å². The molecule has 0 aliphatic carbocycles. The molecule has 0 saturated heterocycles. The van der Waals surface area contributed by atoms with Crippen molar-refractivity contribution in [2.75, 3.05) is 11.9 Å². The molecular formula is C25H24Cl2N6O3S. The van der Waals surface area contributed by atoms with Crippen molar-refractivity contribution in [3.05, 3.63) is 78.9 Å². The summed E-state index contributed by atoms with van der Waals surface area (Å²) in [5.74, 6) is -0.0551. The Kier molecular flexibility index (Phi) is 7.63. The number of carbonyl (C=O) groups is 2. The second-order valence-electron chi connectivity index (χ2n) is 9.45. The molecule has 0 amide bonds. The molecule has 0 bridgehead atoms. The summed E-state index contributed by atoms with van der Waals surface area (Å²) in [6, 6.07) is 9.75. The number of anilines is 1. The van der Waals surface area contributed by atoms with Crippen molar-refractivity contribution in [3.63, 3.8) is 0 Å². The molecule has 0 fully saturated rings. The zero-order valence-electron chi connectivity index (χ0n) is 20.6. The number of hydrogen-bond donors (Lipinski definition) is 0. The van der Waals surface area contributed by atoms with E-state index in [1.165, 1.54) is 45.1 Å². The third-order valence-corrected chi connectivity index (χ3v) is 6.93. The van der Waals surface area contributed by atoms with Crippen LogP contribution in [0.1, 0.15) is 40.8 Å². The standard InChI is InChI=1S/C25H24Cl2N6O3S/c1-25(2,3)24(36)33-22(31(4)13-17-5-6-21(27)37-17)11-18(30-33)19-9-16(26)10-23(35)32(19)14-20(34)15-7-8-28-29-12-15/h5-12H,13-14H2,1-4H3. The average molecular weight is 559 g/mol. The lowest BCUT2D eigenvalue weighted by molar-refractivity contribution is 0.0750. The molecule has 0 unspecified atom stereocenters. The maximum absolute atomic E-state index is 13.4. The molecule has 0 saturated carbocycles. The predicted molar refractivity (Wildman–Crippen MR) is 145 cm³/mol. The summed E-state index contributed by atoms with van der Waals surface area (Å²) in [4.78, 5) is 42.1. The molecule has 0 aliphatic rings. The van der Waals surface area contributed by atoms with E-state index in [2.05, 4.69) is 15.3 Å². The van der Waals surface area contributed by atoms with Crippen molar-refractivity contribution in [2.24, 2.45) is 5.41 Å². The van der Waals surface area contributed by atoms with Crippen LogP contribution in [0, 0.1) is 5.41 Å². The molecule has 0 atom stereocenters. The Bertz CT molecular complexity index is 1520. The molecule has 37 heavy (non-hydrogen) atoms. The first-order valence-corrected chi connectivity index (χ1v) is 12.8. The highest BCUT2D eigenvalue weighted by molar-refractivity contribution is 7.16. The van der Waals surface area contributed by atoms with Gasteiger partial charge in [-0.05, 0) is 24.3 Å². The lowest BCUT2D eigenvalue weighted by atomic mass is 9.96. The number of rotatable bonds is 7. The van der Waals surface area contributed by atoms with Crippen molar-refractivity contribution >= 4 is 52.0 Å². The maximum atomic E-state index is 13.4. The van der Waals surface area contributed by atoms with E-state index in [0.29, 0.717) is 33.7 Å². The number of thiophene rings is 1. The minimum Gasteiger partial charge on any atom is -0.354 e. The second kappa shape index (κ2) is 10.6. The van der Waals surface area contributed by atoms with Gasteiger partial charge in [-0.15, -0.1) is 11.3 Å². The van der Waals surface area contributed by atoms with E-state index in [1.54, 1.807) is 32.9 Å². The number of nitrogens with zero attached hydrogens (tertiary/aromatic N) is 6. The molecule has 4 heterocycles. The van der Waals surface area contributed by atoms with Crippen LogP contribution in [0.4, 0.5) is 5.82 Å². The van der Waals surface area contributed by atoms with Gasteiger partial charge in [-0.1, -0.05) is 44.0 Å². The molecule has 12 heteroatoms. The van der Waals surface area contributed by atoms with E-state index < -0.39 is 11.0 Å². The van der Waals surface area contributed by atoms with Crippen LogP contribution in [0.5, 0.6) is 0 Å². The summed E-state index contributed by atoms with van der Waals surface area (Å²) < 4.78 is 3.28. The van der Waals surface area contributed by atoms with Gasteiger partial charge in [0.2, 0.25) is 0 Å². The van der Waals surface area contributed by atoms with Crippen molar-refractivity contribution < 1.29 is 9.59 Å². The van der Waals surface area contributed by atoms with Gasteiger partial charge in [-0.3, -0.25) is 19.0 Å². The zero-order valence-corrected chi connectivity index (χ0v) is 22.9. The monoisotopic (exact) mass is 558 g/mol. The van der Waals surface area contributed by atoms with Crippen molar-refractivity contribution in [3.8, 4) is 11.4 Å². The van der Waals surface area contributed by atoms with E-state index in [-0.39, 0.29) is 23.3 Å². The van der Waals surface area contributed by atoms with Crippen LogP contribution in [-0.4, -0.2) is 43.3 Å². The molecule has 192 valence electrons. The fourth-order valence-electron chi connectivity index (χ4n) is 3.62. The molecule has 4 aromatic heterocycles. The van der Waals surface area contributed by atoms with Crippen LogP contribution < -0.4 is 10.5 Å². The van der Waals surface area contributed by atoms with Crippen LogP contribution in [-0.2, 0) is 13.1 Å². The Morgan fingerprint density at radius 3 is 2.46 bits per heavy atom. The minimum absolute atomic E-state index is 0.189. The molecule has 9 nitrogen and oxygen atoms in total. The number of pyridine rings is 1. The molecule has 0 spiro atoms. The number of aromatic nitrogens is 5. The first-order valence-electron chi connectivity index (χ1n) is 11.2. The van der Waals surface area contributed by atoms with Gasteiger partial charge in [0, 0.05) is 40.1 Å². The number of ketones is 1. The van der Waals surface area contributed by atoms with Gasteiger partial charge < -0.3 is 4.90 Å². The Labute approximate surface area is 227 Å². The number of carbonyl (C=O) groups excluding carboxylic acids is 2. The molecule has 0 aromatic carbocycles. The third-order valence-electron chi connectivity index (χ3n) is 5.50. The van der Waals surface area contributed by atoms with Crippen LogP contribution >= 0.6 is 34.5 Å². The Balaban J connectivity index is 1.81. The first kappa shape index (κ1) is 26.7. The fraction of sp³-hybridized carbons (Fsp3) is 0.280. The highest BCUT2D eigenvalue weighted by atomic mass is 35.5. The van der Waals surface area contributed by atoms with Crippen LogP contribution in [0.3, 0.4) is 0 Å². The molecule has 4 rings (SSSR count). The highest BCUT2D eigenvalue weighted by Gasteiger charge is 2.29. The molecule has 4 aromatic rings. The lowest BCUT2D eigenvalue weighted by Gasteiger charge is -2.22. The van der Waals surface area contributed by atoms with E-state index in [4.69, 9.17) is 23.2 Å². The topological polar surface area (TPSA) is 103 Å². The smallest absolute Gasteiger partial charge is 0.254 e. The van der Waals surface area contributed by atoms with Gasteiger partial charge >= 0.3 is 0 Å². The molecule has 0 aliphatic heterocycles. The van der Waals surface area contributed by atoms with Gasteiger partial charge in [0.1, 0.15) is 11.5 Å². The van der Waals surface area contributed by atoms with E-state index in [1.807, 2.05) is 24.1 Å². The Morgan fingerprint density at radius 2 is 1.84 bits per heavy atom. The zero-order chi connectivity index (χ0) is 26.9. The van der Waals surface area contributed by atoms with Crippen LogP contribution in [0.2, 0.25) is 9.36 Å². The van der Waals surface area contributed by atoms with Gasteiger partial charge in [-0.25, -0.2) is 0 Å². The van der Waals surface area contributed by atoms with E-state index in [9.17, 15) is 14.4 Å². The Hall–Kier alpha value is -3.34. The highest BCUT2D eigenvalue weighted by Crippen LogP contribution is 2.30.